The predicted octanol–water partition coefficient (Wildman–Crippen LogP) is 10.6. The molecule has 0 saturated carbocycles. The summed E-state index contributed by atoms with van der Waals surface area (Å²) in [4.78, 5) is 5.17. The molecule has 0 aliphatic carbocycles. The van der Waals surface area contributed by atoms with Crippen LogP contribution in [0.4, 0.5) is 34.1 Å². The van der Waals surface area contributed by atoms with Crippen molar-refractivity contribution in [3.63, 3.8) is 0 Å². The molecule has 0 spiro atoms. The van der Waals surface area contributed by atoms with Crippen LogP contribution in [0, 0.1) is 0 Å². The normalized spacial score (nSPS) is 14.3. The Hall–Kier alpha value is -4.32. The minimum absolute atomic E-state index is 0.0164. The Balaban J connectivity index is 1.51. The third-order valence-corrected chi connectivity index (χ3v) is 15.8. The van der Waals surface area contributed by atoms with E-state index in [1.807, 2.05) is 0 Å². The number of fused-ring (bicyclic) bond motifs is 6. The molecule has 2 aliphatic heterocycles. The third kappa shape index (κ3) is 6.01. The van der Waals surface area contributed by atoms with Crippen molar-refractivity contribution < 1.29 is 0 Å². The minimum Gasteiger partial charge on any atom is -0.311 e. The van der Waals surface area contributed by atoms with E-state index >= 15 is 0 Å². The fraction of sp³-hybridized carbons (Fsp3) is 0.292. The van der Waals surface area contributed by atoms with Crippen LogP contribution < -0.4 is 36.6 Å². The first-order valence-corrected chi connectivity index (χ1v) is 26.5. The van der Waals surface area contributed by atoms with Gasteiger partial charge in [0, 0.05) is 33.8 Å². The molecule has 0 aromatic heterocycles. The summed E-state index contributed by atoms with van der Waals surface area (Å²) < 4.78 is 0. The maximum atomic E-state index is 2.60. The monoisotopic (exact) mass is 726 g/mol. The maximum Gasteiger partial charge on any atom is 0.252 e. The summed E-state index contributed by atoms with van der Waals surface area (Å²) in [7, 11) is -3.11. The number of hydrogen-bond donors (Lipinski definition) is 0. The van der Waals surface area contributed by atoms with Crippen molar-refractivity contribution >= 4 is 94.5 Å². The fourth-order valence-electron chi connectivity index (χ4n) is 8.45. The highest BCUT2D eigenvalue weighted by Gasteiger charge is 2.45. The Morgan fingerprint density at radius 3 is 1.60 bits per heavy atom. The Morgan fingerprint density at radius 1 is 0.472 bits per heavy atom. The van der Waals surface area contributed by atoms with E-state index in [0.717, 1.165) is 0 Å². The summed E-state index contributed by atoms with van der Waals surface area (Å²) in [5.74, 6) is 0. The molecule has 0 saturated heterocycles. The van der Waals surface area contributed by atoms with Gasteiger partial charge in [-0.2, -0.15) is 0 Å². The molecular weight excluding hydrogens is 672 g/mol. The summed E-state index contributed by atoms with van der Waals surface area (Å²) in [5.41, 5.74) is 14.6. The lowest BCUT2D eigenvalue weighted by molar-refractivity contribution is 0.590. The van der Waals surface area contributed by atoms with Gasteiger partial charge in [-0.25, -0.2) is 0 Å². The Bertz CT molecular complexity index is 2360. The molecule has 0 N–H and O–H groups in total. The summed E-state index contributed by atoms with van der Waals surface area (Å²) in [5, 5.41) is 5.54. The van der Waals surface area contributed by atoms with Crippen LogP contribution in [0.2, 0.25) is 39.3 Å². The second-order valence-electron chi connectivity index (χ2n) is 19.6. The smallest absolute Gasteiger partial charge is 0.252 e. The van der Waals surface area contributed by atoms with Crippen LogP contribution in [0.15, 0.2) is 115 Å². The van der Waals surface area contributed by atoms with Gasteiger partial charge in [0.05, 0.1) is 21.8 Å². The number of benzene rings is 6. The first kappa shape index (κ1) is 35.7. The Kier molecular flexibility index (Phi) is 8.15. The third-order valence-electron chi connectivity index (χ3n) is 11.7. The summed E-state index contributed by atoms with van der Waals surface area (Å²) in [6.07, 6.45) is 0. The Morgan fingerprint density at radius 2 is 0.981 bits per heavy atom. The van der Waals surface area contributed by atoms with Gasteiger partial charge in [-0.05, 0) is 86.2 Å². The van der Waals surface area contributed by atoms with Crippen LogP contribution in [0.3, 0.4) is 0 Å². The SMILES string of the molecule is CC(C)(C)c1ccc(N2c3ccc(C(C)(C)C)cc3B3c4cc([Si](C)(C)C)ccc4N(c4ccc([Si](C)(C)C)cc4)c4cc5ccccc5c2c43)cc1. The van der Waals surface area contributed by atoms with Gasteiger partial charge in [0.25, 0.3) is 6.71 Å². The van der Waals surface area contributed by atoms with Crippen molar-refractivity contribution in [2.24, 2.45) is 0 Å². The second-order valence-corrected chi connectivity index (χ2v) is 29.8. The molecular formula is C48H55BN2Si2. The van der Waals surface area contributed by atoms with Crippen LogP contribution in [0.25, 0.3) is 10.8 Å². The average Bonchev–Trinajstić information content (AvgIpc) is 3.09. The van der Waals surface area contributed by atoms with Crippen molar-refractivity contribution in [3.05, 3.63) is 126 Å². The van der Waals surface area contributed by atoms with E-state index in [9.17, 15) is 0 Å². The van der Waals surface area contributed by atoms with Gasteiger partial charge in [0.15, 0.2) is 0 Å². The predicted molar refractivity (Wildman–Crippen MR) is 241 cm³/mol. The van der Waals surface area contributed by atoms with E-state index in [1.165, 1.54) is 82.8 Å². The number of hydrogen-bond acceptors (Lipinski definition) is 2. The van der Waals surface area contributed by atoms with Gasteiger partial charge in [-0.1, -0.05) is 164 Å². The molecule has 2 aliphatic rings. The molecule has 268 valence electrons. The topological polar surface area (TPSA) is 6.48 Å². The quantitative estimate of drug-likeness (QED) is 0.167. The highest BCUT2D eigenvalue weighted by Crippen LogP contribution is 2.47. The molecule has 8 rings (SSSR count). The second kappa shape index (κ2) is 12.1. The van der Waals surface area contributed by atoms with E-state index in [4.69, 9.17) is 0 Å². The molecule has 5 heteroatoms. The lowest BCUT2D eigenvalue weighted by Gasteiger charge is -2.45. The average molecular weight is 727 g/mol. The molecule has 6 aromatic rings. The molecule has 2 nitrogen and oxygen atoms in total. The van der Waals surface area contributed by atoms with Gasteiger partial charge in [0.2, 0.25) is 0 Å². The van der Waals surface area contributed by atoms with Crippen molar-refractivity contribution in [1.29, 1.82) is 0 Å². The summed E-state index contributed by atoms with van der Waals surface area (Å²) in [6.45, 7) is 28.8. The van der Waals surface area contributed by atoms with Crippen LogP contribution in [0.5, 0.6) is 0 Å². The van der Waals surface area contributed by atoms with Crippen molar-refractivity contribution in [2.45, 2.75) is 91.7 Å². The van der Waals surface area contributed by atoms with Gasteiger partial charge in [-0.15, -0.1) is 0 Å². The van der Waals surface area contributed by atoms with Gasteiger partial charge in [0.1, 0.15) is 0 Å². The highest BCUT2D eigenvalue weighted by atomic mass is 28.3. The zero-order valence-corrected chi connectivity index (χ0v) is 35.9. The molecule has 2 heterocycles. The van der Waals surface area contributed by atoms with E-state index < -0.39 is 16.1 Å². The van der Waals surface area contributed by atoms with Crippen molar-refractivity contribution in [2.75, 3.05) is 9.80 Å². The van der Waals surface area contributed by atoms with Gasteiger partial charge < -0.3 is 9.80 Å². The maximum absolute atomic E-state index is 2.60. The van der Waals surface area contributed by atoms with E-state index in [-0.39, 0.29) is 17.5 Å². The number of rotatable bonds is 4. The molecule has 53 heavy (non-hydrogen) atoms. The summed E-state index contributed by atoms with van der Waals surface area (Å²) >= 11 is 0. The molecule has 0 amide bonds. The van der Waals surface area contributed by atoms with E-state index in [0.29, 0.717) is 0 Å². The number of nitrogens with zero attached hydrogens (tertiary/aromatic N) is 2. The minimum atomic E-state index is -1.64. The van der Waals surface area contributed by atoms with E-state index in [2.05, 4.69) is 206 Å². The van der Waals surface area contributed by atoms with Crippen molar-refractivity contribution in [1.82, 2.24) is 0 Å². The highest BCUT2D eigenvalue weighted by molar-refractivity contribution is 7.01. The largest absolute Gasteiger partial charge is 0.311 e. The zero-order valence-electron chi connectivity index (χ0n) is 33.9. The number of anilines is 6. The van der Waals surface area contributed by atoms with Crippen LogP contribution in [-0.4, -0.2) is 22.9 Å². The molecule has 0 unspecified atom stereocenters. The summed E-state index contributed by atoms with van der Waals surface area (Å²) in [6, 6.07) is 45.3. The molecule has 0 atom stereocenters. The van der Waals surface area contributed by atoms with Gasteiger partial charge >= 0.3 is 0 Å². The first-order chi connectivity index (χ1) is 24.8. The fourth-order valence-corrected chi connectivity index (χ4v) is 10.8. The lowest BCUT2D eigenvalue weighted by Crippen LogP contribution is -2.62. The Labute approximate surface area is 321 Å². The molecule has 0 radical (unpaired) electrons. The first-order valence-electron chi connectivity index (χ1n) is 19.5. The van der Waals surface area contributed by atoms with E-state index in [1.54, 1.807) is 0 Å². The van der Waals surface area contributed by atoms with Crippen molar-refractivity contribution in [3.8, 4) is 0 Å². The van der Waals surface area contributed by atoms with Crippen LogP contribution in [-0.2, 0) is 10.8 Å². The van der Waals surface area contributed by atoms with Crippen LogP contribution >= 0.6 is 0 Å². The molecule has 0 bridgehead atoms. The van der Waals surface area contributed by atoms with Gasteiger partial charge in [-0.3, -0.25) is 0 Å². The zero-order chi connectivity index (χ0) is 37.8. The lowest BCUT2D eigenvalue weighted by atomic mass is 9.33. The standard InChI is InChI=1S/C48H55BN2Si2/c1-47(2,3)33-17-20-36(21-18-33)51-43-27-19-34(48(4,5)6)30-40(43)49-41-31-38(53(10,11)12)26-28-42(41)50(35-22-24-37(25-23-35)52(7,8)9)44-29-32-15-13-14-16-39(32)46(51)45(44)49/h13-31H,1-12H3. The van der Waals surface area contributed by atoms with Crippen LogP contribution in [0.1, 0.15) is 52.7 Å². The molecule has 0 fully saturated rings. The molecule has 6 aromatic carbocycles.